The second-order valence-electron chi connectivity index (χ2n) is 4.15. The third kappa shape index (κ3) is 4.29. The molecular weight excluding hydrogens is 332 g/mol. The van der Waals surface area contributed by atoms with Crippen LogP contribution in [0.2, 0.25) is 0 Å². The third-order valence-electron chi connectivity index (χ3n) is 2.52. The van der Waals surface area contributed by atoms with E-state index in [4.69, 9.17) is 0 Å². The van der Waals surface area contributed by atoms with Crippen molar-refractivity contribution in [1.29, 1.82) is 0 Å². The molecular formula is C12H17BrN2O3S. The van der Waals surface area contributed by atoms with Gasteiger partial charge in [-0.25, -0.2) is 8.42 Å². The van der Waals surface area contributed by atoms with Gasteiger partial charge < -0.3 is 5.32 Å². The Morgan fingerprint density at radius 3 is 2.63 bits per heavy atom. The number of carbonyl (C=O) groups excluding carboxylic acids is 1. The molecule has 0 heterocycles. The molecule has 1 unspecified atom stereocenters. The van der Waals surface area contributed by atoms with Gasteiger partial charge in [-0.2, -0.15) is 4.72 Å². The van der Waals surface area contributed by atoms with Gasteiger partial charge in [-0.05, 0) is 38.5 Å². The molecule has 0 aliphatic rings. The molecule has 1 atom stereocenters. The molecule has 1 amide bonds. The Labute approximate surface area is 122 Å². The lowest BCUT2D eigenvalue weighted by Crippen LogP contribution is -2.44. The normalized spacial score (nSPS) is 13.1. The van der Waals surface area contributed by atoms with Gasteiger partial charge in [-0.1, -0.05) is 22.0 Å². The van der Waals surface area contributed by atoms with E-state index >= 15 is 0 Å². The highest BCUT2D eigenvalue weighted by Crippen LogP contribution is 2.20. The molecule has 0 saturated heterocycles. The van der Waals surface area contributed by atoms with Crippen molar-refractivity contribution >= 4 is 31.9 Å². The third-order valence-corrected chi connectivity index (χ3v) is 4.69. The van der Waals surface area contributed by atoms with Gasteiger partial charge in [0.1, 0.15) is 0 Å². The Bertz CT molecular complexity index is 572. The summed E-state index contributed by atoms with van der Waals surface area (Å²) in [7, 11) is -3.72. The van der Waals surface area contributed by atoms with E-state index in [-0.39, 0.29) is 10.8 Å². The van der Waals surface area contributed by atoms with E-state index in [0.717, 1.165) is 0 Å². The fraction of sp³-hybridized carbons (Fsp3) is 0.417. The van der Waals surface area contributed by atoms with Crippen LogP contribution >= 0.6 is 15.9 Å². The first-order valence-corrected chi connectivity index (χ1v) is 8.11. The van der Waals surface area contributed by atoms with Crippen LogP contribution in [0.15, 0.2) is 27.6 Å². The number of rotatable bonds is 5. The van der Waals surface area contributed by atoms with Crippen LogP contribution in [0.3, 0.4) is 0 Å². The molecule has 0 aliphatic carbocycles. The molecule has 0 spiro atoms. The Kier molecular flexibility index (Phi) is 5.51. The zero-order valence-electron chi connectivity index (χ0n) is 11.0. The molecule has 0 aromatic heterocycles. The first-order valence-electron chi connectivity index (χ1n) is 5.84. The van der Waals surface area contributed by atoms with E-state index < -0.39 is 16.1 Å². The van der Waals surface area contributed by atoms with Crippen LogP contribution in [-0.2, 0) is 14.8 Å². The molecule has 5 nitrogen and oxygen atoms in total. The topological polar surface area (TPSA) is 75.3 Å². The fourth-order valence-electron chi connectivity index (χ4n) is 1.54. The Hall–Kier alpha value is -0.920. The first-order chi connectivity index (χ1) is 8.77. The van der Waals surface area contributed by atoms with Crippen molar-refractivity contribution in [2.75, 3.05) is 6.54 Å². The lowest BCUT2D eigenvalue weighted by atomic mass is 10.2. The number of hydrogen-bond acceptors (Lipinski definition) is 3. The number of likely N-dealkylation sites (N-methyl/N-ethyl adjacent to an activating group) is 1. The predicted octanol–water partition coefficient (Wildman–Crippen LogP) is 1.56. The summed E-state index contributed by atoms with van der Waals surface area (Å²) in [5.41, 5.74) is 0.624. The minimum atomic E-state index is -3.72. The molecule has 1 rings (SSSR count). The number of amides is 1. The quantitative estimate of drug-likeness (QED) is 0.847. The van der Waals surface area contributed by atoms with Crippen LogP contribution in [-0.4, -0.2) is 26.9 Å². The SMILES string of the molecule is CCNC(=O)C(C)NS(=O)(=O)c1cc(Br)ccc1C. The maximum Gasteiger partial charge on any atom is 0.241 e. The second-order valence-corrected chi connectivity index (χ2v) is 6.75. The lowest BCUT2D eigenvalue weighted by Gasteiger charge is -2.15. The van der Waals surface area contributed by atoms with Gasteiger partial charge in [0, 0.05) is 11.0 Å². The Morgan fingerprint density at radius 1 is 1.42 bits per heavy atom. The summed E-state index contributed by atoms with van der Waals surface area (Å²) in [5, 5.41) is 2.57. The molecule has 0 saturated carbocycles. The molecule has 1 aromatic carbocycles. The molecule has 0 aliphatic heterocycles. The first kappa shape index (κ1) is 16.1. The number of halogens is 1. The Morgan fingerprint density at radius 2 is 2.05 bits per heavy atom. The summed E-state index contributed by atoms with van der Waals surface area (Å²) in [5.74, 6) is -0.348. The van der Waals surface area contributed by atoms with E-state index in [9.17, 15) is 13.2 Å². The van der Waals surface area contributed by atoms with Crippen LogP contribution < -0.4 is 10.0 Å². The molecule has 0 bridgehead atoms. The molecule has 0 fully saturated rings. The summed E-state index contributed by atoms with van der Waals surface area (Å²) in [6.45, 7) is 5.45. The lowest BCUT2D eigenvalue weighted by molar-refractivity contribution is -0.122. The highest BCUT2D eigenvalue weighted by Gasteiger charge is 2.23. The van der Waals surface area contributed by atoms with Crippen LogP contribution in [0.1, 0.15) is 19.4 Å². The van der Waals surface area contributed by atoms with E-state index in [1.54, 1.807) is 26.0 Å². The van der Waals surface area contributed by atoms with E-state index in [1.807, 2.05) is 0 Å². The van der Waals surface area contributed by atoms with Gasteiger partial charge in [0.2, 0.25) is 15.9 Å². The maximum absolute atomic E-state index is 12.2. The second kappa shape index (κ2) is 6.49. The molecule has 106 valence electrons. The number of nitrogens with one attached hydrogen (secondary N) is 2. The monoisotopic (exact) mass is 348 g/mol. The molecule has 0 radical (unpaired) electrons. The van der Waals surface area contributed by atoms with Crippen molar-refractivity contribution in [1.82, 2.24) is 10.0 Å². The van der Waals surface area contributed by atoms with Crippen LogP contribution in [0, 0.1) is 6.92 Å². The molecule has 19 heavy (non-hydrogen) atoms. The van der Waals surface area contributed by atoms with Gasteiger partial charge in [0.15, 0.2) is 0 Å². The van der Waals surface area contributed by atoms with Gasteiger partial charge in [0.05, 0.1) is 10.9 Å². The van der Waals surface area contributed by atoms with E-state index in [0.29, 0.717) is 16.6 Å². The summed E-state index contributed by atoms with van der Waals surface area (Å²) < 4.78 is 27.5. The van der Waals surface area contributed by atoms with Crippen molar-refractivity contribution < 1.29 is 13.2 Å². The summed E-state index contributed by atoms with van der Waals surface area (Å²) >= 11 is 3.24. The van der Waals surface area contributed by atoms with Crippen molar-refractivity contribution in [3.05, 3.63) is 28.2 Å². The van der Waals surface area contributed by atoms with Crippen molar-refractivity contribution in [3.63, 3.8) is 0 Å². The highest BCUT2D eigenvalue weighted by atomic mass is 79.9. The van der Waals surface area contributed by atoms with Crippen LogP contribution in [0.4, 0.5) is 0 Å². The standard InChI is InChI=1S/C12H17BrN2O3S/c1-4-14-12(16)9(3)15-19(17,18)11-7-10(13)6-5-8(11)2/h5-7,9,15H,4H2,1-3H3,(H,14,16). The summed E-state index contributed by atoms with van der Waals surface area (Å²) in [6.07, 6.45) is 0. The number of benzene rings is 1. The number of hydrogen-bond donors (Lipinski definition) is 2. The summed E-state index contributed by atoms with van der Waals surface area (Å²) in [6, 6.07) is 4.17. The van der Waals surface area contributed by atoms with E-state index in [1.165, 1.54) is 13.0 Å². The average Bonchev–Trinajstić information content (AvgIpc) is 2.31. The fourth-order valence-corrected chi connectivity index (χ4v) is 3.53. The number of carbonyl (C=O) groups is 1. The van der Waals surface area contributed by atoms with Gasteiger partial charge >= 0.3 is 0 Å². The van der Waals surface area contributed by atoms with Gasteiger partial charge in [-0.3, -0.25) is 4.79 Å². The number of aryl methyl sites for hydroxylation is 1. The zero-order chi connectivity index (χ0) is 14.6. The summed E-state index contributed by atoms with van der Waals surface area (Å²) in [4.78, 5) is 11.7. The number of sulfonamides is 1. The van der Waals surface area contributed by atoms with Crippen molar-refractivity contribution in [3.8, 4) is 0 Å². The zero-order valence-corrected chi connectivity index (χ0v) is 13.4. The molecule has 1 aromatic rings. The van der Waals surface area contributed by atoms with Crippen LogP contribution in [0.25, 0.3) is 0 Å². The maximum atomic E-state index is 12.2. The minimum Gasteiger partial charge on any atom is -0.355 e. The van der Waals surface area contributed by atoms with Crippen molar-refractivity contribution in [2.45, 2.75) is 31.7 Å². The molecule has 7 heteroatoms. The Balaban J connectivity index is 2.99. The largest absolute Gasteiger partial charge is 0.355 e. The minimum absolute atomic E-state index is 0.165. The van der Waals surface area contributed by atoms with Crippen LogP contribution in [0.5, 0.6) is 0 Å². The molecule has 2 N–H and O–H groups in total. The average molecular weight is 349 g/mol. The highest BCUT2D eigenvalue weighted by molar-refractivity contribution is 9.10. The predicted molar refractivity (Wildman–Crippen MR) is 77.3 cm³/mol. The smallest absolute Gasteiger partial charge is 0.241 e. The van der Waals surface area contributed by atoms with Gasteiger partial charge in [-0.15, -0.1) is 0 Å². The van der Waals surface area contributed by atoms with E-state index in [2.05, 4.69) is 26.0 Å². The van der Waals surface area contributed by atoms with Gasteiger partial charge in [0.25, 0.3) is 0 Å². The van der Waals surface area contributed by atoms with Crippen molar-refractivity contribution in [2.24, 2.45) is 0 Å².